The molecule has 23 heavy (non-hydrogen) atoms. The Kier molecular flexibility index (Phi) is 5.03. The molecule has 0 unspecified atom stereocenters. The third-order valence-corrected chi connectivity index (χ3v) is 4.41. The number of hydrogen-bond donors (Lipinski definition) is 1. The summed E-state index contributed by atoms with van der Waals surface area (Å²) in [5.74, 6) is 0.822. The van der Waals surface area contributed by atoms with E-state index in [1.807, 2.05) is 30.3 Å². The van der Waals surface area contributed by atoms with E-state index in [4.69, 9.17) is 10.5 Å². The maximum absolute atomic E-state index is 6.25. The molecule has 0 atom stereocenters. The molecule has 0 saturated carbocycles. The third-order valence-electron chi connectivity index (χ3n) is 4.41. The number of likely N-dealkylation sites (N-methyl/N-ethyl adjacent to an activating group) is 1. The van der Waals surface area contributed by atoms with Crippen molar-refractivity contribution in [2.75, 3.05) is 43.4 Å². The van der Waals surface area contributed by atoms with Crippen molar-refractivity contribution in [2.24, 2.45) is 0 Å². The molecule has 1 heterocycles. The Morgan fingerprint density at radius 3 is 2.39 bits per heavy atom. The molecule has 2 N–H and O–H groups in total. The summed E-state index contributed by atoms with van der Waals surface area (Å²) in [5, 5.41) is 0. The second-order valence-electron chi connectivity index (χ2n) is 5.92. The Morgan fingerprint density at radius 1 is 1.00 bits per heavy atom. The average molecular weight is 311 g/mol. The Hall–Kier alpha value is -2.20. The molecule has 1 aliphatic heterocycles. The summed E-state index contributed by atoms with van der Waals surface area (Å²) >= 11 is 0. The van der Waals surface area contributed by atoms with Crippen LogP contribution in [0.2, 0.25) is 0 Å². The number of nitrogens with two attached hydrogens (primary N) is 1. The van der Waals surface area contributed by atoms with Gasteiger partial charge in [0.2, 0.25) is 0 Å². The first-order valence-corrected chi connectivity index (χ1v) is 8.30. The normalized spacial score (nSPS) is 15.6. The zero-order chi connectivity index (χ0) is 16.1. The lowest BCUT2D eigenvalue weighted by Gasteiger charge is -2.36. The van der Waals surface area contributed by atoms with Gasteiger partial charge in [0.15, 0.2) is 0 Å². The van der Waals surface area contributed by atoms with Gasteiger partial charge in [0, 0.05) is 32.2 Å². The second-order valence-corrected chi connectivity index (χ2v) is 5.92. The van der Waals surface area contributed by atoms with Gasteiger partial charge in [-0.1, -0.05) is 37.3 Å². The summed E-state index contributed by atoms with van der Waals surface area (Å²) in [6.45, 7) is 8.15. The van der Waals surface area contributed by atoms with Crippen LogP contribution in [0.5, 0.6) is 5.75 Å². The molecular formula is C19H25N3O. The van der Waals surface area contributed by atoms with E-state index in [2.05, 4.69) is 34.9 Å². The largest absolute Gasteiger partial charge is 0.489 e. The molecule has 1 aliphatic rings. The lowest BCUT2D eigenvalue weighted by molar-refractivity contribution is 0.271. The monoisotopic (exact) mass is 311 g/mol. The maximum Gasteiger partial charge on any atom is 0.122 e. The highest BCUT2D eigenvalue weighted by Crippen LogP contribution is 2.29. The molecule has 3 rings (SSSR count). The van der Waals surface area contributed by atoms with Crippen LogP contribution in [0.25, 0.3) is 0 Å². The number of ether oxygens (including phenoxy) is 1. The summed E-state index contributed by atoms with van der Waals surface area (Å²) in [5.41, 5.74) is 9.32. The molecule has 0 spiro atoms. The van der Waals surface area contributed by atoms with Gasteiger partial charge in [-0.3, -0.25) is 0 Å². The van der Waals surface area contributed by atoms with Gasteiger partial charge in [0.05, 0.1) is 11.4 Å². The standard InChI is InChI=1S/C19H25N3O/c1-2-21-10-12-22(13-11-21)19-9-8-17(14-18(19)20)23-15-16-6-4-3-5-7-16/h3-9,14H,2,10-13,15,20H2,1H3. The van der Waals surface area contributed by atoms with Crippen LogP contribution in [0.4, 0.5) is 11.4 Å². The van der Waals surface area contributed by atoms with Gasteiger partial charge < -0.3 is 20.3 Å². The summed E-state index contributed by atoms with van der Waals surface area (Å²) < 4.78 is 5.84. The van der Waals surface area contributed by atoms with E-state index in [-0.39, 0.29) is 0 Å². The first kappa shape index (κ1) is 15.7. The van der Waals surface area contributed by atoms with Gasteiger partial charge in [-0.15, -0.1) is 0 Å². The van der Waals surface area contributed by atoms with Crippen LogP contribution >= 0.6 is 0 Å². The molecule has 0 aliphatic carbocycles. The van der Waals surface area contributed by atoms with E-state index in [9.17, 15) is 0 Å². The smallest absolute Gasteiger partial charge is 0.122 e. The maximum atomic E-state index is 6.25. The molecule has 0 aromatic heterocycles. The number of nitrogen functional groups attached to an aromatic ring is 1. The highest BCUT2D eigenvalue weighted by atomic mass is 16.5. The SMILES string of the molecule is CCN1CCN(c2ccc(OCc3ccccc3)cc2N)CC1. The van der Waals surface area contributed by atoms with Gasteiger partial charge in [-0.05, 0) is 24.2 Å². The van der Waals surface area contributed by atoms with Crippen molar-refractivity contribution in [3.8, 4) is 5.75 Å². The molecule has 122 valence electrons. The Balaban J connectivity index is 1.62. The van der Waals surface area contributed by atoms with Crippen molar-refractivity contribution in [1.82, 2.24) is 4.90 Å². The number of piperazine rings is 1. The predicted octanol–water partition coefficient (Wildman–Crippen LogP) is 2.99. The molecule has 4 heteroatoms. The molecule has 4 nitrogen and oxygen atoms in total. The number of hydrogen-bond acceptors (Lipinski definition) is 4. The summed E-state index contributed by atoms with van der Waals surface area (Å²) in [7, 11) is 0. The average Bonchev–Trinajstić information content (AvgIpc) is 2.61. The van der Waals surface area contributed by atoms with E-state index in [0.29, 0.717) is 6.61 Å². The molecule has 0 amide bonds. The first-order chi connectivity index (χ1) is 11.3. The van der Waals surface area contributed by atoms with Crippen LogP contribution < -0.4 is 15.4 Å². The minimum Gasteiger partial charge on any atom is -0.489 e. The summed E-state index contributed by atoms with van der Waals surface area (Å²) in [6.07, 6.45) is 0. The summed E-state index contributed by atoms with van der Waals surface area (Å²) in [4.78, 5) is 4.83. The lowest BCUT2D eigenvalue weighted by Crippen LogP contribution is -2.46. The zero-order valence-corrected chi connectivity index (χ0v) is 13.7. The van der Waals surface area contributed by atoms with Crippen molar-refractivity contribution in [2.45, 2.75) is 13.5 Å². The number of benzene rings is 2. The predicted molar refractivity (Wildman–Crippen MR) is 96.0 cm³/mol. The third kappa shape index (κ3) is 3.96. The van der Waals surface area contributed by atoms with E-state index >= 15 is 0 Å². The van der Waals surface area contributed by atoms with Crippen molar-refractivity contribution in [1.29, 1.82) is 0 Å². The highest BCUT2D eigenvalue weighted by molar-refractivity contribution is 5.69. The van der Waals surface area contributed by atoms with Gasteiger partial charge in [0.25, 0.3) is 0 Å². The Labute approximate surface area is 138 Å². The molecular weight excluding hydrogens is 286 g/mol. The molecule has 1 fully saturated rings. The minimum absolute atomic E-state index is 0.564. The van der Waals surface area contributed by atoms with Gasteiger partial charge >= 0.3 is 0 Å². The number of nitrogens with zero attached hydrogens (tertiary/aromatic N) is 2. The zero-order valence-electron chi connectivity index (χ0n) is 13.7. The van der Waals surface area contributed by atoms with E-state index < -0.39 is 0 Å². The van der Waals surface area contributed by atoms with Crippen LogP contribution in [0.1, 0.15) is 12.5 Å². The molecule has 0 bridgehead atoms. The van der Waals surface area contributed by atoms with E-state index in [1.54, 1.807) is 0 Å². The molecule has 2 aromatic rings. The minimum atomic E-state index is 0.564. The van der Waals surface area contributed by atoms with Crippen molar-refractivity contribution in [3.63, 3.8) is 0 Å². The van der Waals surface area contributed by atoms with Gasteiger partial charge in [-0.2, -0.15) is 0 Å². The van der Waals surface area contributed by atoms with E-state index in [0.717, 1.165) is 55.4 Å². The fourth-order valence-corrected chi connectivity index (χ4v) is 2.96. The lowest BCUT2D eigenvalue weighted by atomic mass is 10.2. The van der Waals surface area contributed by atoms with Crippen molar-refractivity contribution < 1.29 is 4.74 Å². The number of rotatable bonds is 5. The molecule has 1 saturated heterocycles. The fourth-order valence-electron chi connectivity index (χ4n) is 2.96. The van der Waals surface area contributed by atoms with Crippen LogP contribution in [0.3, 0.4) is 0 Å². The Bertz CT molecular complexity index is 622. The number of anilines is 2. The highest BCUT2D eigenvalue weighted by Gasteiger charge is 2.17. The summed E-state index contributed by atoms with van der Waals surface area (Å²) in [6, 6.07) is 16.2. The van der Waals surface area contributed by atoms with Crippen molar-refractivity contribution in [3.05, 3.63) is 54.1 Å². The van der Waals surface area contributed by atoms with Gasteiger partial charge in [0.1, 0.15) is 12.4 Å². The van der Waals surface area contributed by atoms with Crippen LogP contribution in [-0.2, 0) is 6.61 Å². The topological polar surface area (TPSA) is 41.7 Å². The molecule has 2 aromatic carbocycles. The van der Waals surface area contributed by atoms with Crippen LogP contribution in [0.15, 0.2) is 48.5 Å². The van der Waals surface area contributed by atoms with Crippen LogP contribution in [0, 0.1) is 0 Å². The fraction of sp³-hybridized carbons (Fsp3) is 0.368. The second kappa shape index (κ2) is 7.38. The van der Waals surface area contributed by atoms with Crippen LogP contribution in [-0.4, -0.2) is 37.6 Å². The van der Waals surface area contributed by atoms with Crippen molar-refractivity contribution >= 4 is 11.4 Å². The molecule has 0 radical (unpaired) electrons. The van der Waals surface area contributed by atoms with E-state index in [1.165, 1.54) is 0 Å². The quantitative estimate of drug-likeness (QED) is 0.862. The van der Waals surface area contributed by atoms with Gasteiger partial charge in [-0.25, -0.2) is 0 Å². The first-order valence-electron chi connectivity index (χ1n) is 8.30. The Morgan fingerprint density at radius 2 is 1.74 bits per heavy atom.